The number of rotatable bonds is 4. The van der Waals surface area contributed by atoms with E-state index in [0.29, 0.717) is 21.9 Å². The van der Waals surface area contributed by atoms with Crippen LogP contribution in [0.25, 0.3) is 5.69 Å². The summed E-state index contributed by atoms with van der Waals surface area (Å²) in [6.07, 6.45) is -4.67. The molecule has 0 amide bonds. The number of carbonyl (C=O) groups excluding carboxylic acids is 1. The number of H-pyrrole nitrogens is 1. The predicted octanol–water partition coefficient (Wildman–Crippen LogP) is 2.64. The molecule has 2 heterocycles. The third-order valence-electron chi connectivity index (χ3n) is 4.26. The van der Waals surface area contributed by atoms with Crippen LogP contribution in [0.2, 0.25) is 5.02 Å². The zero-order valence-electron chi connectivity index (χ0n) is 15.7. The third kappa shape index (κ3) is 4.40. The van der Waals surface area contributed by atoms with Crippen LogP contribution in [-0.2, 0) is 20.5 Å². The average Bonchev–Trinajstić information content (AvgIpc) is 3.02. The highest BCUT2D eigenvalue weighted by Crippen LogP contribution is 2.31. The number of hydrogen-bond acceptors (Lipinski definition) is 6. The number of benzene rings is 1. The van der Waals surface area contributed by atoms with Gasteiger partial charge in [-0.15, -0.1) is 0 Å². The third-order valence-corrected chi connectivity index (χ3v) is 4.59. The Hall–Kier alpha value is -3.08. The first-order valence-corrected chi connectivity index (χ1v) is 8.90. The second-order valence-electron chi connectivity index (χ2n) is 6.86. The maximum absolute atomic E-state index is 12.8. The van der Waals surface area contributed by atoms with Crippen molar-refractivity contribution >= 4 is 23.3 Å². The lowest BCUT2D eigenvalue weighted by Crippen LogP contribution is -2.36. The van der Waals surface area contributed by atoms with Crippen molar-refractivity contribution in [2.24, 2.45) is 5.16 Å². The summed E-state index contributed by atoms with van der Waals surface area (Å²) in [4.78, 5) is 42.4. The molecule has 1 aromatic carbocycles. The lowest BCUT2D eigenvalue weighted by molar-refractivity contribution is -0.150. The molecule has 0 radical (unpaired) electrons. The van der Waals surface area contributed by atoms with E-state index in [4.69, 9.17) is 21.2 Å². The standard InChI is InChI=1S/C18H15ClF3N3O5/c1-9(26)29-8-17(2)7-13(24-30-17)11-5-10(3-4-12(11)19)25-15(27)6-14(18(20,21)22)23-16(25)28/h3-6H,7-8H2,1-2H3,(H,23,28). The Bertz CT molecular complexity index is 1120. The van der Waals surface area contributed by atoms with Crippen LogP contribution >= 0.6 is 11.6 Å². The van der Waals surface area contributed by atoms with Crippen molar-refractivity contribution < 1.29 is 27.5 Å². The molecule has 0 spiro atoms. The first kappa shape index (κ1) is 21.6. The van der Waals surface area contributed by atoms with E-state index in [1.807, 2.05) is 0 Å². The molecule has 0 fully saturated rings. The monoisotopic (exact) mass is 445 g/mol. The Morgan fingerprint density at radius 1 is 1.37 bits per heavy atom. The lowest BCUT2D eigenvalue weighted by atomic mass is 9.96. The molecule has 1 aromatic heterocycles. The van der Waals surface area contributed by atoms with Gasteiger partial charge in [-0.1, -0.05) is 16.8 Å². The maximum atomic E-state index is 12.8. The van der Waals surface area contributed by atoms with Crippen molar-refractivity contribution in [3.8, 4) is 5.69 Å². The van der Waals surface area contributed by atoms with Crippen molar-refractivity contribution in [3.05, 3.63) is 61.4 Å². The fourth-order valence-corrected chi connectivity index (χ4v) is 3.05. The van der Waals surface area contributed by atoms with E-state index in [2.05, 4.69) is 5.16 Å². The molecule has 30 heavy (non-hydrogen) atoms. The van der Waals surface area contributed by atoms with Crippen LogP contribution in [0, 0.1) is 0 Å². The lowest BCUT2D eigenvalue weighted by Gasteiger charge is -2.20. The fourth-order valence-electron chi connectivity index (χ4n) is 2.83. The molecule has 160 valence electrons. The fraction of sp³-hybridized carbons (Fsp3) is 0.333. The van der Waals surface area contributed by atoms with Gasteiger partial charge in [-0.3, -0.25) is 9.59 Å². The minimum Gasteiger partial charge on any atom is -0.461 e. The quantitative estimate of drug-likeness (QED) is 0.729. The van der Waals surface area contributed by atoms with Gasteiger partial charge in [0.2, 0.25) is 0 Å². The first-order valence-electron chi connectivity index (χ1n) is 8.52. The average molecular weight is 446 g/mol. The molecule has 1 atom stereocenters. The van der Waals surface area contributed by atoms with E-state index in [0.717, 1.165) is 0 Å². The Kier molecular flexibility index (Phi) is 5.50. The Labute approximate surface area is 171 Å². The van der Waals surface area contributed by atoms with E-state index in [9.17, 15) is 27.6 Å². The summed E-state index contributed by atoms with van der Waals surface area (Å²) >= 11 is 6.21. The summed E-state index contributed by atoms with van der Waals surface area (Å²) in [5.74, 6) is -0.491. The van der Waals surface area contributed by atoms with Crippen LogP contribution in [0.1, 0.15) is 31.5 Å². The van der Waals surface area contributed by atoms with Crippen LogP contribution in [0.4, 0.5) is 13.2 Å². The number of aromatic amines is 1. The topological polar surface area (TPSA) is 103 Å². The Balaban J connectivity index is 1.97. The smallest absolute Gasteiger partial charge is 0.431 e. The van der Waals surface area contributed by atoms with Crippen LogP contribution in [0.3, 0.4) is 0 Å². The largest absolute Gasteiger partial charge is 0.461 e. The number of halogens is 4. The van der Waals surface area contributed by atoms with Crippen molar-refractivity contribution in [1.29, 1.82) is 0 Å². The first-order chi connectivity index (χ1) is 13.9. The predicted molar refractivity (Wildman–Crippen MR) is 99.9 cm³/mol. The van der Waals surface area contributed by atoms with Gasteiger partial charge in [-0.05, 0) is 25.1 Å². The van der Waals surface area contributed by atoms with Gasteiger partial charge in [-0.25, -0.2) is 9.36 Å². The number of oxime groups is 1. The SMILES string of the molecule is CC(=O)OCC1(C)CC(c2cc(-n3c(=O)cc(C(F)(F)F)[nH]c3=O)ccc2Cl)=NO1. The number of esters is 1. The molecule has 3 rings (SSSR count). The number of carbonyl (C=O) groups is 1. The van der Waals surface area contributed by atoms with Gasteiger partial charge in [-0.2, -0.15) is 13.2 Å². The van der Waals surface area contributed by atoms with E-state index < -0.39 is 34.7 Å². The van der Waals surface area contributed by atoms with Crippen molar-refractivity contribution in [1.82, 2.24) is 9.55 Å². The van der Waals surface area contributed by atoms with Crippen molar-refractivity contribution in [2.45, 2.75) is 32.0 Å². The van der Waals surface area contributed by atoms with Gasteiger partial charge in [0.05, 0.1) is 11.4 Å². The highest BCUT2D eigenvalue weighted by Gasteiger charge is 2.37. The van der Waals surface area contributed by atoms with Gasteiger partial charge >= 0.3 is 17.8 Å². The Morgan fingerprint density at radius 3 is 2.67 bits per heavy atom. The zero-order chi connectivity index (χ0) is 22.3. The van der Waals surface area contributed by atoms with Crippen LogP contribution in [-0.4, -0.2) is 33.4 Å². The normalized spacial score (nSPS) is 18.7. The summed E-state index contributed by atoms with van der Waals surface area (Å²) in [7, 11) is 0. The number of hydrogen-bond donors (Lipinski definition) is 1. The number of ether oxygens (including phenoxy) is 1. The highest BCUT2D eigenvalue weighted by atomic mass is 35.5. The van der Waals surface area contributed by atoms with Crippen LogP contribution in [0.5, 0.6) is 0 Å². The number of nitrogens with zero attached hydrogens (tertiary/aromatic N) is 2. The summed E-state index contributed by atoms with van der Waals surface area (Å²) in [5.41, 5.74) is -4.15. The molecule has 0 saturated heterocycles. The molecule has 1 aliphatic rings. The molecule has 0 saturated carbocycles. The molecule has 0 bridgehead atoms. The minimum absolute atomic E-state index is 0.00864. The van der Waals surface area contributed by atoms with Crippen LogP contribution in [0.15, 0.2) is 39.0 Å². The summed E-state index contributed by atoms with van der Waals surface area (Å²) in [6.45, 7) is 2.85. The highest BCUT2D eigenvalue weighted by molar-refractivity contribution is 6.34. The second kappa shape index (κ2) is 7.63. The second-order valence-corrected chi connectivity index (χ2v) is 7.27. The molecule has 2 aromatic rings. The molecule has 1 N–H and O–H groups in total. The van der Waals surface area contributed by atoms with E-state index in [1.54, 1.807) is 11.9 Å². The van der Waals surface area contributed by atoms with Gasteiger partial charge in [0.15, 0.2) is 5.60 Å². The van der Waals surface area contributed by atoms with Crippen molar-refractivity contribution in [2.75, 3.05) is 6.61 Å². The molecular weight excluding hydrogens is 431 g/mol. The molecular formula is C18H15ClF3N3O5. The van der Waals surface area contributed by atoms with Gasteiger partial charge in [0.25, 0.3) is 5.56 Å². The molecule has 1 aliphatic heterocycles. The molecule has 12 heteroatoms. The molecule has 0 aliphatic carbocycles. The van der Waals surface area contributed by atoms with Gasteiger partial charge in [0.1, 0.15) is 12.3 Å². The molecule has 8 nitrogen and oxygen atoms in total. The van der Waals surface area contributed by atoms with Gasteiger partial charge in [0, 0.05) is 30.0 Å². The Morgan fingerprint density at radius 2 is 2.07 bits per heavy atom. The van der Waals surface area contributed by atoms with E-state index >= 15 is 0 Å². The molecule has 1 unspecified atom stereocenters. The van der Waals surface area contributed by atoms with E-state index in [-0.39, 0.29) is 23.7 Å². The summed E-state index contributed by atoms with van der Waals surface area (Å²) in [6, 6.07) is 4.32. The number of nitrogens with one attached hydrogen (secondary N) is 1. The van der Waals surface area contributed by atoms with E-state index in [1.165, 1.54) is 25.1 Å². The number of aromatic nitrogens is 2. The van der Waals surface area contributed by atoms with Gasteiger partial charge < -0.3 is 14.6 Å². The number of alkyl halides is 3. The van der Waals surface area contributed by atoms with Crippen LogP contribution < -0.4 is 11.2 Å². The maximum Gasteiger partial charge on any atom is 0.431 e. The summed E-state index contributed by atoms with van der Waals surface area (Å²) < 4.78 is 43.9. The van der Waals surface area contributed by atoms with Crippen molar-refractivity contribution in [3.63, 3.8) is 0 Å². The summed E-state index contributed by atoms with van der Waals surface area (Å²) in [5, 5.41) is 4.16. The minimum atomic E-state index is -4.87. The zero-order valence-corrected chi connectivity index (χ0v) is 16.4.